The van der Waals surface area contributed by atoms with Crippen molar-refractivity contribution in [3.63, 3.8) is 0 Å². The SMILES string of the molecule is CN(CC(=O)NC(C)(C)C)c1c(C#N)c(=O)n(C)c(=O)n1C. The van der Waals surface area contributed by atoms with Crippen molar-refractivity contribution in [2.45, 2.75) is 26.3 Å². The van der Waals surface area contributed by atoms with Gasteiger partial charge in [-0.05, 0) is 20.8 Å². The molecule has 0 atom stereocenters. The normalized spacial score (nSPS) is 11.0. The van der Waals surface area contributed by atoms with Gasteiger partial charge in [0.15, 0.2) is 5.56 Å². The van der Waals surface area contributed by atoms with Crippen LogP contribution in [0, 0.1) is 11.3 Å². The second-order valence-corrected chi connectivity index (χ2v) is 6.17. The molecule has 1 rings (SSSR count). The van der Waals surface area contributed by atoms with Crippen molar-refractivity contribution in [3.8, 4) is 6.07 Å². The molecule has 8 nitrogen and oxygen atoms in total. The molecule has 0 spiro atoms. The Hall–Kier alpha value is -2.56. The predicted molar refractivity (Wildman–Crippen MR) is 82.8 cm³/mol. The van der Waals surface area contributed by atoms with Crippen LogP contribution < -0.4 is 21.5 Å². The third-order valence-electron chi connectivity index (χ3n) is 3.00. The quantitative estimate of drug-likeness (QED) is 0.796. The first-order chi connectivity index (χ1) is 9.99. The summed E-state index contributed by atoms with van der Waals surface area (Å²) < 4.78 is 2.05. The molecule has 22 heavy (non-hydrogen) atoms. The molecule has 0 bridgehead atoms. The fraction of sp³-hybridized carbons (Fsp3) is 0.571. The summed E-state index contributed by atoms with van der Waals surface area (Å²) in [5.74, 6) is -0.147. The first-order valence-electron chi connectivity index (χ1n) is 6.72. The Morgan fingerprint density at radius 3 is 2.27 bits per heavy atom. The van der Waals surface area contributed by atoms with Crippen LogP contribution in [0.5, 0.6) is 0 Å². The lowest BCUT2D eigenvalue weighted by molar-refractivity contribution is -0.121. The number of hydrogen-bond acceptors (Lipinski definition) is 5. The first kappa shape index (κ1) is 17.5. The molecule has 0 saturated carbocycles. The van der Waals surface area contributed by atoms with Crippen LogP contribution in [-0.4, -0.2) is 34.2 Å². The average molecular weight is 307 g/mol. The van der Waals surface area contributed by atoms with Gasteiger partial charge in [0.05, 0.1) is 6.54 Å². The minimum Gasteiger partial charge on any atom is -0.350 e. The number of nitrogens with one attached hydrogen (secondary N) is 1. The third-order valence-corrected chi connectivity index (χ3v) is 3.00. The molecule has 1 aromatic heterocycles. The lowest BCUT2D eigenvalue weighted by Crippen LogP contribution is -2.47. The van der Waals surface area contributed by atoms with Crippen LogP contribution in [0.2, 0.25) is 0 Å². The van der Waals surface area contributed by atoms with Crippen molar-refractivity contribution in [1.29, 1.82) is 5.26 Å². The van der Waals surface area contributed by atoms with Crippen LogP contribution in [0.4, 0.5) is 5.82 Å². The summed E-state index contributed by atoms with van der Waals surface area (Å²) in [4.78, 5) is 37.4. The summed E-state index contributed by atoms with van der Waals surface area (Å²) in [5.41, 5.74) is -1.80. The fourth-order valence-electron chi connectivity index (χ4n) is 2.13. The van der Waals surface area contributed by atoms with E-state index in [4.69, 9.17) is 0 Å². The van der Waals surface area contributed by atoms with Gasteiger partial charge in [-0.25, -0.2) is 4.79 Å². The summed E-state index contributed by atoms with van der Waals surface area (Å²) in [6.45, 7) is 5.46. The van der Waals surface area contributed by atoms with Crippen LogP contribution in [0.25, 0.3) is 0 Å². The number of aromatic nitrogens is 2. The molecule has 8 heteroatoms. The number of rotatable bonds is 3. The van der Waals surface area contributed by atoms with Crippen molar-refractivity contribution >= 4 is 11.7 Å². The van der Waals surface area contributed by atoms with Crippen LogP contribution in [0.1, 0.15) is 26.3 Å². The summed E-state index contributed by atoms with van der Waals surface area (Å²) in [6, 6.07) is 1.81. The molecule has 0 fully saturated rings. The smallest absolute Gasteiger partial charge is 0.332 e. The average Bonchev–Trinajstić information content (AvgIpc) is 2.37. The summed E-state index contributed by atoms with van der Waals surface area (Å²) >= 11 is 0. The van der Waals surface area contributed by atoms with E-state index in [1.807, 2.05) is 26.8 Å². The van der Waals surface area contributed by atoms with Gasteiger partial charge in [-0.3, -0.25) is 18.7 Å². The lowest BCUT2D eigenvalue weighted by Gasteiger charge is -2.25. The molecule has 1 heterocycles. The van der Waals surface area contributed by atoms with E-state index in [1.165, 1.54) is 23.6 Å². The zero-order valence-corrected chi connectivity index (χ0v) is 13.7. The minimum absolute atomic E-state index is 0.0770. The van der Waals surface area contributed by atoms with Crippen molar-refractivity contribution in [2.75, 3.05) is 18.5 Å². The van der Waals surface area contributed by atoms with Gasteiger partial charge in [0, 0.05) is 26.7 Å². The maximum absolute atomic E-state index is 12.0. The van der Waals surface area contributed by atoms with Gasteiger partial charge >= 0.3 is 5.69 Å². The Bertz CT molecular complexity index is 746. The second-order valence-electron chi connectivity index (χ2n) is 6.17. The Balaban J connectivity index is 3.28. The van der Waals surface area contributed by atoms with Gasteiger partial charge in [0.25, 0.3) is 5.56 Å². The Morgan fingerprint density at radius 2 is 1.82 bits per heavy atom. The molecular formula is C14H21N5O3. The molecule has 120 valence electrons. The van der Waals surface area contributed by atoms with E-state index in [9.17, 15) is 19.6 Å². The fourth-order valence-corrected chi connectivity index (χ4v) is 2.13. The number of likely N-dealkylation sites (N-methyl/N-ethyl adjacent to an activating group) is 1. The van der Waals surface area contributed by atoms with E-state index >= 15 is 0 Å². The van der Waals surface area contributed by atoms with Crippen LogP contribution >= 0.6 is 0 Å². The molecule has 0 saturated heterocycles. The first-order valence-corrected chi connectivity index (χ1v) is 6.72. The maximum Gasteiger partial charge on any atom is 0.332 e. The molecule has 1 N–H and O–H groups in total. The Labute approximate surface area is 128 Å². The van der Waals surface area contributed by atoms with Crippen molar-refractivity contribution in [1.82, 2.24) is 14.5 Å². The Kier molecular flexibility index (Phi) is 4.81. The van der Waals surface area contributed by atoms with E-state index in [1.54, 1.807) is 7.05 Å². The van der Waals surface area contributed by atoms with Crippen LogP contribution in [0.15, 0.2) is 9.59 Å². The monoisotopic (exact) mass is 307 g/mol. The van der Waals surface area contributed by atoms with Gasteiger partial charge in [0.1, 0.15) is 11.9 Å². The number of amides is 1. The van der Waals surface area contributed by atoms with Crippen LogP contribution in [0.3, 0.4) is 0 Å². The van der Waals surface area contributed by atoms with Gasteiger partial charge in [-0.1, -0.05) is 0 Å². The van der Waals surface area contributed by atoms with Gasteiger partial charge in [0.2, 0.25) is 5.91 Å². The molecular weight excluding hydrogens is 286 g/mol. The summed E-state index contributed by atoms with van der Waals surface area (Å²) in [5, 5.41) is 12.0. The molecule has 1 amide bonds. The predicted octanol–water partition coefficient (Wildman–Crippen LogP) is -0.693. The molecule has 1 aromatic rings. The number of hydrogen-bond donors (Lipinski definition) is 1. The highest BCUT2D eigenvalue weighted by Gasteiger charge is 2.21. The number of carbonyl (C=O) groups excluding carboxylic acids is 1. The summed E-state index contributed by atoms with van der Waals surface area (Å²) in [7, 11) is 4.31. The van der Waals surface area contributed by atoms with Crippen molar-refractivity contribution < 1.29 is 4.79 Å². The van der Waals surface area contributed by atoms with Gasteiger partial charge in [-0.2, -0.15) is 5.26 Å². The van der Waals surface area contributed by atoms with Crippen molar-refractivity contribution in [3.05, 3.63) is 26.4 Å². The molecule has 0 aromatic carbocycles. The van der Waals surface area contributed by atoms with E-state index < -0.39 is 16.8 Å². The summed E-state index contributed by atoms with van der Waals surface area (Å²) in [6.07, 6.45) is 0. The molecule has 0 unspecified atom stereocenters. The molecule has 0 radical (unpaired) electrons. The zero-order valence-electron chi connectivity index (χ0n) is 13.7. The third kappa shape index (κ3) is 3.55. The number of nitriles is 1. The van der Waals surface area contributed by atoms with Gasteiger partial charge in [-0.15, -0.1) is 0 Å². The molecule has 0 aliphatic carbocycles. The topological polar surface area (TPSA) is 100 Å². The number of anilines is 1. The van der Waals surface area contributed by atoms with E-state index in [0.29, 0.717) is 0 Å². The second kappa shape index (κ2) is 6.05. The minimum atomic E-state index is -0.677. The Morgan fingerprint density at radius 1 is 1.27 bits per heavy atom. The largest absolute Gasteiger partial charge is 0.350 e. The van der Waals surface area contributed by atoms with Crippen molar-refractivity contribution in [2.24, 2.45) is 14.1 Å². The maximum atomic E-state index is 12.0. The van der Waals surface area contributed by atoms with Gasteiger partial charge < -0.3 is 10.2 Å². The standard InChI is InChI=1S/C14H21N5O3/c1-14(2,3)16-10(20)8-17(4)11-9(7-15)12(21)19(6)13(22)18(11)5/h8H2,1-6H3,(H,16,20). The number of carbonyl (C=O) groups is 1. The molecule has 0 aliphatic rings. The van der Waals surface area contributed by atoms with Crippen LogP contribution in [-0.2, 0) is 18.9 Å². The highest BCUT2D eigenvalue weighted by Crippen LogP contribution is 2.12. The number of nitrogens with zero attached hydrogens (tertiary/aromatic N) is 4. The van der Waals surface area contributed by atoms with E-state index in [0.717, 1.165) is 4.57 Å². The highest BCUT2D eigenvalue weighted by molar-refractivity contribution is 5.82. The molecule has 0 aliphatic heterocycles. The van der Waals surface area contributed by atoms with E-state index in [2.05, 4.69) is 5.32 Å². The lowest BCUT2D eigenvalue weighted by atomic mass is 10.1. The highest BCUT2D eigenvalue weighted by atomic mass is 16.2. The van der Waals surface area contributed by atoms with E-state index in [-0.39, 0.29) is 23.8 Å². The zero-order chi connectivity index (χ0) is 17.2.